The van der Waals surface area contributed by atoms with Crippen LogP contribution < -0.4 is 10.6 Å². The Labute approximate surface area is 219 Å². The number of rotatable bonds is 5. The van der Waals surface area contributed by atoms with E-state index in [-0.39, 0.29) is 29.7 Å². The Bertz CT molecular complexity index is 1070. The third-order valence-corrected chi connectivity index (χ3v) is 8.71. The van der Waals surface area contributed by atoms with Crippen molar-refractivity contribution in [2.24, 2.45) is 4.99 Å². The van der Waals surface area contributed by atoms with E-state index < -0.39 is 5.97 Å². The number of piperazine rings is 1. The van der Waals surface area contributed by atoms with Gasteiger partial charge in [-0.25, -0.2) is 9.79 Å². The Kier molecular flexibility index (Phi) is 6.89. The number of hydrogen-bond donors (Lipinski definition) is 3. The van der Waals surface area contributed by atoms with Crippen LogP contribution >= 0.6 is 0 Å². The van der Waals surface area contributed by atoms with Crippen molar-refractivity contribution in [2.75, 3.05) is 53.4 Å². The Hall–Kier alpha value is -3.11. The number of nitrogens with zero attached hydrogens (tertiary/aromatic N) is 5. The van der Waals surface area contributed by atoms with Gasteiger partial charge < -0.3 is 20.6 Å². The fraction of sp³-hybridized carbons (Fsp3) is 0.593. The van der Waals surface area contributed by atoms with Crippen LogP contribution in [0.25, 0.3) is 0 Å². The second-order valence-corrected chi connectivity index (χ2v) is 11.1. The van der Waals surface area contributed by atoms with E-state index in [0.29, 0.717) is 19.6 Å². The molecule has 10 nitrogen and oxygen atoms in total. The topological polar surface area (TPSA) is 104 Å². The van der Waals surface area contributed by atoms with Crippen molar-refractivity contribution >= 4 is 18.0 Å². The van der Waals surface area contributed by atoms with Gasteiger partial charge in [0, 0.05) is 37.9 Å². The summed E-state index contributed by atoms with van der Waals surface area (Å²) in [4.78, 5) is 37.3. The Morgan fingerprint density at radius 2 is 1.78 bits per heavy atom. The van der Waals surface area contributed by atoms with Crippen molar-refractivity contribution < 1.29 is 14.7 Å². The van der Waals surface area contributed by atoms with E-state index in [1.165, 1.54) is 5.56 Å². The molecular weight excluding hydrogens is 470 g/mol. The number of carboxylic acid groups (broad SMARTS) is 1. The van der Waals surface area contributed by atoms with Gasteiger partial charge in [0.05, 0.1) is 30.4 Å². The lowest BCUT2D eigenvalue weighted by Gasteiger charge is -2.48. The number of urea groups is 1. The molecule has 3 fully saturated rings. The molecule has 5 rings (SSSR count). The second kappa shape index (κ2) is 9.98. The predicted octanol–water partition coefficient (Wildman–Crippen LogP) is 1.67. The number of carbonyl (C=O) groups is 2. The van der Waals surface area contributed by atoms with Crippen LogP contribution in [0.1, 0.15) is 38.2 Å². The minimum Gasteiger partial charge on any atom is -0.480 e. The van der Waals surface area contributed by atoms with Crippen LogP contribution in [0.4, 0.5) is 4.79 Å². The first-order valence-corrected chi connectivity index (χ1v) is 13.3. The predicted molar refractivity (Wildman–Crippen MR) is 142 cm³/mol. The Morgan fingerprint density at radius 1 is 1.11 bits per heavy atom. The van der Waals surface area contributed by atoms with Gasteiger partial charge in [-0.3, -0.25) is 19.5 Å². The molecule has 1 spiro atoms. The molecule has 3 aliphatic heterocycles. The van der Waals surface area contributed by atoms with E-state index in [0.717, 1.165) is 50.4 Å². The summed E-state index contributed by atoms with van der Waals surface area (Å²) in [5.74, 6) is -0.00767. The normalized spacial score (nSPS) is 30.7. The van der Waals surface area contributed by atoms with Crippen LogP contribution in [-0.4, -0.2) is 108 Å². The summed E-state index contributed by atoms with van der Waals surface area (Å²) in [5.41, 5.74) is 1.98. The van der Waals surface area contributed by atoms with Crippen LogP contribution in [0.2, 0.25) is 0 Å². The van der Waals surface area contributed by atoms with Crippen molar-refractivity contribution in [3.05, 3.63) is 47.8 Å². The molecule has 1 atom stereocenters. The van der Waals surface area contributed by atoms with E-state index in [1.54, 1.807) is 0 Å². The molecule has 0 aromatic heterocycles. The molecule has 1 unspecified atom stereocenters. The van der Waals surface area contributed by atoms with E-state index in [1.807, 2.05) is 22.9 Å². The zero-order chi connectivity index (χ0) is 26.2. The standard InChI is InChI=1S/C27H39N7O3/c1-20-22(17-28-24(29-20)33-15-13-32(14-16-33)18-23(35)36)34-19-26(30-25(34)37)9-11-27(12-10-26,31(2)3)21-7-5-4-6-8-21/h4-8,17,20H,9-16,18-19H2,1-3H3,(H,28,29)(H,30,37)(H,35,36). The smallest absolute Gasteiger partial charge is 0.322 e. The summed E-state index contributed by atoms with van der Waals surface area (Å²) in [7, 11) is 4.32. The molecule has 0 bridgehead atoms. The number of benzene rings is 1. The fourth-order valence-electron chi connectivity index (χ4n) is 6.42. The van der Waals surface area contributed by atoms with Crippen molar-refractivity contribution in [1.82, 2.24) is 30.2 Å². The average molecular weight is 510 g/mol. The van der Waals surface area contributed by atoms with E-state index in [9.17, 15) is 9.59 Å². The van der Waals surface area contributed by atoms with Gasteiger partial charge in [0.25, 0.3) is 0 Å². The Morgan fingerprint density at radius 3 is 2.38 bits per heavy atom. The largest absolute Gasteiger partial charge is 0.480 e. The van der Waals surface area contributed by atoms with Crippen molar-refractivity contribution in [3.63, 3.8) is 0 Å². The summed E-state index contributed by atoms with van der Waals surface area (Å²) < 4.78 is 0. The van der Waals surface area contributed by atoms with Crippen LogP contribution in [0, 0.1) is 0 Å². The molecule has 2 saturated heterocycles. The van der Waals surface area contributed by atoms with Crippen LogP contribution in [-0.2, 0) is 10.3 Å². The molecule has 1 saturated carbocycles. The highest BCUT2D eigenvalue weighted by Crippen LogP contribution is 2.46. The van der Waals surface area contributed by atoms with Crippen LogP contribution in [0.3, 0.4) is 0 Å². The molecule has 3 heterocycles. The number of nitrogens with one attached hydrogen (secondary N) is 2. The van der Waals surface area contributed by atoms with Gasteiger partial charge >= 0.3 is 12.0 Å². The molecule has 3 N–H and O–H groups in total. The summed E-state index contributed by atoms with van der Waals surface area (Å²) in [6.45, 7) is 5.56. The van der Waals surface area contributed by atoms with Crippen LogP contribution in [0.5, 0.6) is 0 Å². The maximum atomic E-state index is 13.2. The molecule has 200 valence electrons. The average Bonchev–Trinajstić information content (AvgIpc) is 3.20. The van der Waals surface area contributed by atoms with Crippen molar-refractivity contribution in [3.8, 4) is 0 Å². The molecule has 1 aliphatic carbocycles. The molecule has 10 heteroatoms. The lowest BCUT2D eigenvalue weighted by atomic mass is 9.69. The van der Waals surface area contributed by atoms with Gasteiger partial charge in [-0.15, -0.1) is 0 Å². The van der Waals surface area contributed by atoms with Gasteiger partial charge in [-0.05, 0) is 52.3 Å². The Balaban J connectivity index is 1.22. The number of amides is 2. The molecule has 0 radical (unpaired) electrons. The lowest BCUT2D eigenvalue weighted by Crippen LogP contribution is -2.54. The van der Waals surface area contributed by atoms with Crippen molar-refractivity contribution in [1.29, 1.82) is 0 Å². The maximum Gasteiger partial charge on any atom is 0.322 e. The van der Waals surface area contributed by atoms with Gasteiger partial charge in [0.15, 0.2) is 5.96 Å². The highest BCUT2D eigenvalue weighted by Gasteiger charge is 2.51. The summed E-state index contributed by atoms with van der Waals surface area (Å²) in [6.07, 6.45) is 5.74. The van der Waals surface area contributed by atoms with Gasteiger partial charge in [-0.2, -0.15) is 0 Å². The number of guanidine groups is 1. The quantitative estimate of drug-likeness (QED) is 0.555. The first kappa shape index (κ1) is 25.5. The first-order chi connectivity index (χ1) is 17.7. The number of hydrogen-bond acceptors (Lipinski definition) is 7. The first-order valence-electron chi connectivity index (χ1n) is 13.3. The maximum absolute atomic E-state index is 13.2. The summed E-state index contributed by atoms with van der Waals surface area (Å²) in [5, 5.41) is 15.7. The third-order valence-electron chi connectivity index (χ3n) is 8.71. The number of carbonyl (C=O) groups excluding carboxylic acids is 1. The number of carboxylic acids is 1. The molecule has 4 aliphatic rings. The highest BCUT2D eigenvalue weighted by atomic mass is 16.4. The molecule has 37 heavy (non-hydrogen) atoms. The van der Waals surface area contributed by atoms with Crippen LogP contribution in [0.15, 0.2) is 47.2 Å². The second-order valence-electron chi connectivity index (χ2n) is 11.1. The monoisotopic (exact) mass is 509 g/mol. The third kappa shape index (κ3) is 4.92. The van der Waals surface area contributed by atoms with E-state index in [2.05, 4.69) is 64.9 Å². The fourth-order valence-corrected chi connectivity index (χ4v) is 6.42. The highest BCUT2D eigenvalue weighted by molar-refractivity contribution is 5.84. The van der Waals surface area contributed by atoms with Gasteiger partial charge in [-0.1, -0.05) is 30.3 Å². The number of aliphatic carboxylic acids is 1. The van der Waals surface area contributed by atoms with Gasteiger partial charge in [0.2, 0.25) is 0 Å². The minimum absolute atomic E-state index is 0.0166. The molecular formula is C27H39N7O3. The lowest BCUT2D eigenvalue weighted by molar-refractivity contribution is -0.138. The summed E-state index contributed by atoms with van der Waals surface area (Å²) >= 11 is 0. The van der Waals surface area contributed by atoms with E-state index in [4.69, 9.17) is 10.1 Å². The SMILES string of the molecule is CC1N=C(N2CCN(CC(=O)O)CC2)NC=C1N1CC2(CCC(c3ccccc3)(N(C)C)CC2)NC1=O. The van der Waals surface area contributed by atoms with Crippen molar-refractivity contribution in [2.45, 2.75) is 49.7 Å². The van der Waals surface area contributed by atoms with Gasteiger partial charge in [0.1, 0.15) is 0 Å². The number of aliphatic imine (C=N–C) groups is 1. The molecule has 2 amide bonds. The zero-order valence-electron chi connectivity index (χ0n) is 22.1. The minimum atomic E-state index is -0.796. The van der Waals surface area contributed by atoms with E-state index >= 15 is 0 Å². The molecule has 1 aromatic carbocycles. The zero-order valence-corrected chi connectivity index (χ0v) is 22.1. The molecule has 1 aromatic rings. The summed E-state index contributed by atoms with van der Waals surface area (Å²) in [6, 6.07) is 10.5.